The van der Waals surface area contributed by atoms with Gasteiger partial charge in [-0.3, -0.25) is 0 Å². The number of nitrogens with one attached hydrogen (secondary N) is 1. The van der Waals surface area contributed by atoms with Gasteiger partial charge in [0.2, 0.25) is 0 Å². The summed E-state index contributed by atoms with van der Waals surface area (Å²) in [4.78, 5) is 18.6. The quantitative estimate of drug-likeness (QED) is 0.850. The van der Waals surface area contributed by atoms with Gasteiger partial charge in [0.05, 0.1) is 5.69 Å². The van der Waals surface area contributed by atoms with Crippen molar-refractivity contribution in [2.24, 2.45) is 0 Å². The summed E-state index contributed by atoms with van der Waals surface area (Å²) >= 11 is 0. The van der Waals surface area contributed by atoms with Crippen LogP contribution in [0, 0.1) is 0 Å². The average Bonchev–Trinajstić information content (AvgIpc) is 2.54. The van der Waals surface area contributed by atoms with Crippen LogP contribution in [-0.2, 0) is 11.2 Å². The molecular formula is C19H27N3O2. The van der Waals surface area contributed by atoms with Gasteiger partial charge in [-0.2, -0.15) is 0 Å². The van der Waals surface area contributed by atoms with Gasteiger partial charge in [0.15, 0.2) is 0 Å². The van der Waals surface area contributed by atoms with Gasteiger partial charge in [0, 0.05) is 19.6 Å². The molecule has 5 nitrogen and oxygen atoms in total. The molecule has 3 rings (SSSR count). The molecule has 0 aromatic carbocycles. The molecule has 0 unspecified atom stereocenters. The fourth-order valence-corrected chi connectivity index (χ4v) is 3.08. The number of anilines is 1. The van der Waals surface area contributed by atoms with E-state index in [0.29, 0.717) is 13.1 Å². The Labute approximate surface area is 144 Å². The number of aromatic nitrogens is 1. The standard InChI is InChI=1S/C19H27N3O2/c1-19(2,3)24-18(23)22-11-8-14(9-12-22)13-16-7-6-15-5-4-10-20-17(15)21-16/h6-7,13H,4-5,8-12H2,1-3H3,(H,20,21). The van der Waals surface area contributed by atoms with E-state index in [9.17, 15) is 4.79 Å². The normalized spacial score (nSPS) is 17.8. The van der Waals surface area contributed by atoms with Crippen LogP contribution in [0.3, 0.4) is 0 Å². The summed E-state index contributed by atoms with van der Waals surface area (Å²) in [6.45, 7) is 8.13. The zero-order valence-electron chi connectivity index (χ0n) is 14.9. The minimum atomic E-state index is -0.437. The first-order chi connectivity index (χ1) is 11.4. The first-order valence-electron chi connectivity index (χ1n) is 8.82. The topological polar surface area (TPSA) is 54.5 Å². The van der Waals surface area contributed by atoms with Gasteiger partial charge in [-0.25, -0.2) is 9.78 Å². The van der Waals surface area contributed by atoms with Crippen molar-refractivity contribution in [1.82, 2.24) is 9.88 Å². The van der Waals surface area contributed by atoms with Gasteiger partial charge in [0.25, 0.3) is 0 Å². The van der Waals surface area contributed by atoms with Crippen LogP contribution in [0.4, 0.5) is 10.6 Å². The van der Waals surface area contributed by atoms with Gasteiger partial charge in [0.1, 0.15) is 11.4 Å². The Morgan fingerprint density at radius 2 is 2.00 bits per heavy atom. The van der Waals surface area contributed by atoms with Crippen LogP contribution in [0.2, 0.25) is 0 Å². The molecule has 5 heteroatoms. The number of pyridine rings is 1. The second kappa shape index (κ2) is 6.83. The monoisotopic (exact) mass is 329 g/mol. The average molecular weight is 329 g/mol. The van der Waals surface area contributed by atoms with Crippen LogP contribution in [0.5, 0.6) is 0 Å². The molecule has 1 fully saturated rings. The van der Waals surface area contributed by atoms with Crippen molar-refractivity contribution in [2.75, 3.05) is 25.0 Å². The number of rotatable bonds is 1. The highest BCUT2D eigenvalue weighted by atomic mass is 16.6. The molecule has 24 heavy (non-hydrogen) atoms. The van der Waals surface area contributed by atoms with Gasteiger partial charge >= 0.3 is 6.09 Å². The summed E-state index contributed by atoms with van der Waals surface area (Å²) in [5.74, 6) is 1.03. The Hall–Kier alpha value is -2.04. The van der Waals surface area contributed by atoms with Crippen LogP contribution < -0.4 is 5.32 Å². The molecule has 1 aromatic rings. The Morgan fingerprint density at radius 1 is 1.25 bits per heavy atom. The fourth-order valence-electron chi connectivity index (χ4n) is 3.08. The molecular weight excluding hydrogens is 302 g/mol. The van der Waals surface area contributed by atoms with Crippen molar-refractivity contribution in [3.8, 4) is 0 Å². The van der Waals surface area contributed by atoms with Gasteiger partial charge < -0.3 is 15.0 Å². The second-order valence-corrected chi connectivity index (χ2v) is 7.54. The Balaban J connectivity index is 1.60. The van der Waals surface area contributed by atoms with Crippen LogP contribution in [0.1, 0.15) is 51.3 Å². The first kappa shape index (κ1) is 16.8. The predicted molar refractivity (Wildman–Crippen MR) is 96.1 cm³/mol. The molecule has 0 aliphatic carbocycles. The maximum Gasteiger partial charge on any atom is 0.410 e. The molecule has 0 spiro atoms. The van der Waals surface area contributed by atoms with E-state index in [0.717, 1.165) is 37.3 Å². The summed E-state index contributed by atoms with van der Waals surface area (Å²) in [5, 5.41) is 3.37. The number of piperidine rings is 1. The maximum atomic E-state index is 12.1. The highest BCUT2D eigenvalue weighted by Gasteiger charge is 2.24. The van der Waals surface area contributed by atoms with Crippen molar-refractivity contribution in [2.45, 2.75) is 52.1 Å². The molecule has 0 bridgehead atoms. The van der Waals surface area contributed by atoms with Crippen molar-refractivity contribution < 1.29 is 9.53 Å². The fraction of sp³-hybridized carbons (Fsp3) is 0.579. The van der Waals surface area contributed by atoms with Crippen LogP contribution in [-0.4, -0.2) is 41.2 Å². The van der Waals surface area contributed by atoms with Crippen molar-refractivity contribution in [3.63, 3.8) is 0 Å². The highest BCUT2D eigenvalue weighted by Crippen LogP contribution is 2.24. The lowest BCUT2D eigenvalue weighted by molar-refractivity contribution is 0.0237. The third kappa shape index (κ3) is 4.28. The lowest BCUT2D eigenvalue weighted by atomic mass is 10.0. The Kier molecular flexibility index (Phi) is 4.78. The maximum absolute atomic E-state index is 12.1. The number of carbonyl (C=O) groups excluding carboxylic acids is 1. The largest absolute Gasteiger partial charge is 0.444 e. The third-order valence-electron chi connectivity index (χ3n) is 4.33. The number of aryl methyl sites for hydroxylation is 1. The van der Waals surface area contributed by atoms with E-state index < -0.39 is 5.60 Å². The van der Waals surface area contributed by atoms with Crippen molar-refractivity contribution >= 4 is 18.0 Å². The van der Waals surface area contributed by atoms with Gasteiger partial charge in [-0.15, -0.1) is 0 Å². The van der Waals surface area contributed by atoms with E-state index >= 15 is 0 Å². The third-order valence-corrected chi connectivity index (χ3v) is 4.33. The zero-order valence-corrected chi connectivity index (χ0v) is 14.9. The van der Waals surface area contributed by atoms with E-state index in [1.165, 1.54) is 17.6 Å². The molecule has 2 aliphatic rings. The molecule has 130 valence electrons. The smallest absolute Gasteiger partial charge is 0.410 e. The second-order valence-electron chi connectivity index (χ2n) is 7.54. The number of likely N-dealkylation sites (tertiary alicyclic amines) is 1. The number of fused-ring (bicyclic) bond motifs is 1. The molecule has 0 radical (unpaired) electrons. The van der Waals surface area contributed by atoms with Gasteiger partial charge in [-0.1, -0.05) is 11.6 Å². The molecule has 1 N–H and O–H groups in total. The minimum absolute atomic E-state index is 0.211. The number of hydrogen-bond donors (Lipinski definition) is 1. The number of carbonyl (C=O) groups is 1. The van der Waals surface area contributed by atoms with Crippen molar-refractivity contribution in [3.05, 3.63) is 29.0 Å². The molecule has 1 aromatic heterocycles. The molecule has 1 saturated heterocycles. The lowest BCUT2D eigenvalue weighted by Crippen LogP contribution is -2.40. The summed E-state index contributed by atoms with van der Waals surface area (Å²) in [6, 6.07) is 4.27. The zero-order chi connectivity index (χ0) is 17.2. The predicted octanol–water partition coefficient (Wildman–Crippen LogP) is 3.85. The van der Waals surface area contributed by atoms with E-state index in [4.69, 9.17) is 9.72 Å². The number of ether oxygens (including phenoxy) is 1. The Bertz CT molecular complexity index is 637. The number of nitrogens with zero attached hydrogens (tertiary/aromatic N) is 2. The summed E-state index contributed by atoms with van der Waals surface area (Å²) in [7, 11) is 0. The number of hydrogen-bond acceptors (Lipinski definition) is 4. The molecule has 0 saturated carbocycles. The summed E-state index contributed by atoms with van der Waals surface area (Å²) in [6.07, 6.45) is 6.00. The molecule has 3 heterocycles. The van der Waals surface area contributed by atoms with Gasteiger partial charge in [-0.05, 0) is 64.2 Å². The van der Waals surface area contributed by atoms with Crippen LogP contribution in [0.25, 0.3) is 6.08 Å². The molecule has 1 amide bonds. The number of amides is 1. The van der Waals surface area contributed by atoms with E-state index in [-0.39, 0.29) is 6.09 Å². The van der Waals surface area contributed by atoms with Crippen LogP contribution in [0.15, 0.2) is 17.7 Å². The highest BCUT2D eigenvalue weighted by molar-refractivity contribution is 5.68. The minimum Gasteiger partial charge on any atom is -0.444 e. The van der Waals surface area contributed by atoms with E-state index in [1.54, 1.807) is 4.90 Å². The molecule has 0 atom stereocenters. The van der Waals surface area contributed by atoms with Crippen LogP contribution >= 0.6 is 0 Å². The van der Waals surface area contributed by atoms with E-state index in [1.807, 2.05) is 20.8 Å². The van der Waals surface area contributed by atoms with E-state index in [2.05, 4.69) is 23.5 Å². The van der Waals surface area contributed by atoms with Crippen molar-refractivity contribution in [1.29, 1.82) is 0 Å². The Morgan fingerprint density at radius 3 is 2.71 bits per heavy atom. The summed E-state index contributed by atoms with van der Waals surface area (Å²) in [5.41, 5.74) is 3.22. The summed E-state index contributed by atoms with van der Waals surface area (Å²) < 4.78 is 5.44. The SMILES string of the molecule is CC(C)(C)OC(=O)N1CCC(=Cc2ccc3c(n2)NCCC3)CC1. The first-order valence-corrected chi connectivity index (χ1v) is 8.82. The molecule has 2 aliphatic heterocycles. The lowest BCUT2D eigenvalue weighted by Gasteiger charge is -2.31.